The summed E-state index contributed by atoms with van der Waals surface area (Å²) in [7, 11) is -6.07. The molecule has 16 nitrogen and oxygen atoms in total. The number of carboxylic acids is 1. The van der Waals surface area contributed by atoms with Crippen LogP contribution in [0.2, 0.25) is 0 Å². The number of piperazine rings is 1. The lowest BCUT2D eigenvalue weighted by molar-refractivity contribution is -0.153. The first-order valence-corrected chi connectivity index (χ1v) is 15.2. The SMILES string of the molecule is NS(=O)(=O)c1ccc(C(NC(=O)N2CCN(CCBr)C(=O)C2=O)C(=O)N[C@H]2Cc3cccc(C(=O)O)c3OB2O)cc1O. The van der Waals surface area contributed by atoms with Crippen molar-refractivity contribution in [3.63, 3.8) is 0 Å². The van der Waals surface area contributed by atoms with Crippen LogP contribution in [0.5, 0.6) is 11.5 Å². The number of phenolic OH excluding ortho intramolecular Hbond substituents is 1. The maximum Gasteiger partial charge on any atom is 0.547 e. The van der Waals surface area contributed by atoms with Gasteiger partial charge in [0.2, 0.25) is 15.9 Å². The standard InChI is InChI=1S/C24H25BBrN5O11S/c26-6-7-30-8-9-31(22(35)21(30)34)24(38)29-18(12-4-5-16(15(32)10-12)43(27,40)41)20(33)28-17-11-13-2-1-3-14(23(36)37)19(13)42-25(17)39/h1-5,10,17-18,32,39H,6-9,11H2,(H,28,33)(H,29,38)(H,36,37)(H2,27,40,41)/t17-,18?/m0/s1. The van der Waals surface area contributed by atoms with Crippen LogP contribution in [0.4, 0.5) is 4.79 Å². The smallest absolute Gasteiger partial charge is 0.534 e. The molecule has 7 N–H and O–H groups in total. The Morgan fingerprint density at radius 2 is 1.88 bits per heavy atom. The van der Waals surface area contributed by atoms with Crippen molar-refractivity contribution >= 4 is 62.8 Å². The highest BCUT2D eigenvalue weighted by Crippen LogP contribution is 2.31. The van der Waals surface area contributed by atoms with Crippen molar-refractivity contribution in [1.82, 2.24) is 20.4 Å². The van der Waals surface area contributed by atoms with E-state index in [9.17, 15) is 47.6 Å². The first-order chi connectivity index (χ1) is 20.2. The van der Waals surface area contributed by atoms with E-state index in [0.29, 0.717) is 15.8 Å². The zero-order chi connectivity index (χ0) is 31.6. The number of primary sulfonamides is 1. The third-order valence-electron chi connectivity index (χ3n) is 6.74. The van der Waals surface area contributed by atoms with E-state index in [2.05, 4.69) is 26.6 Å². The quantitative estimate of drug-likeness (QED) is 0.108. The van der Waals surface area contributed by atoms with Crippen LogP contribution in [0, 0.1) is 0 Å². The molecular formula is C24H25BBrN5O11S. The summed E-state index contributed by atoms with van der Waals surface area (Å²) in [6.07, 6.45) is -0.0812. The van der Waals surface area contributed by atoms with Gasteiger partial charge in [-0.2, -0.15) is 0 Å². The fourth-order valence-corrected chi connectivity index (χ4v) is 5.66. The molecule has 2 aliphatic rings. The van der Waals surface area contributed by atoms with E-state index in [1.807, 2.05) is 0 Å². The van der Waals surface area contributed by atoms with Gasteiger partial charge in [-0.05, 0) is 35.7 Å². The number of carbonyl (C=O) groups excluding carboxylic acids is 4. The van der Waals surface area contributed by atoms with Gasteiger partial charge in [0.1, 0.15) is 22.4 Å². The van der Waals surface area contributed by atoms with Gasteiger partial charge in [-0.3, -0.25) is 19.3 Å². The lowest BCUT2D eigenvalue weighted by atomic mass is 9.72. The minimum Gasteiger partial charge on any atom is -0.534 e. The molecule has 2 atom stereocenters. The van der Waals surface area contributed by atoms with E-state index in [0.717, 1.165) is 18.2 Å². The van der Waals surface area contributed by atoms with Gasteiger partial charge in [0.15, 0.2) is 0 Å². The summed E-state index contributed by atoms with van der Waals surface area (Å²) in [5.74, 6) is -6.42. The van der Waals surface area contributed by atoms with E-state index in [4.69, 9.17) is 9.79 Å². The lowest BCUT2D eigenvalue weighted by Crippen LogP contribution is -2.60. The number of benzene rings is 2. The van der Waals surface area contributed by atoms with Crippen molar-refractivity contribution in [3.8, 4) is 11.5 Å². The zero-order valence-corrected chi connectivity index (χ0v) is 24.5. The molecule has 0 aliphatic carbocycles. The largest absolute Gasteiger partial charge is 0.547 e. The highest BCUT2D eigenvalue weighted by molar-refractivity contribution is 9.09. The Labute approximate surface area is 253 Å². The summed E-state index contributed by atoms with van der Waals surface area (Å²) in [6, 6.07) is 4.30. The molecule has 0 spiro atoms. The Bertz CT molecular complexity index is 1610. The average Bonchev–Trinajstić information content (AvgIpc) is 2.93. The number of halogens is 1. The molecule has 0 radical (unpaired) electrons. The summed E-state index contributed by atoms with van der Waals surface area (Å²) < 4.78 is 28.9. The molecule has 43 heavy (non-hydrogen) atoms. The second-order valence-electron chi connectivity index (χ2n) is 9.52. The molecule has 19 heteroatoms. The molecule has 228 valence electrons. The van der Waals surface area contributed by atoms with Crippen molar-refractivity contribution < 1.29 is 52.3 Å². The lowest BCUT2D eigenvalue weighted by Gasteiger charge is -2.33. The molecular weight excluding hydrogens is 657 g/mol. The number of urea groups is 1. The van der Waals surface area contributed by atoms with Gasteiger partial charge in [0.25, 0.3) is 0 Å². The van der Waals surface area contributed by atoms with E-state index in [-0.39, 0.29) is 42.9 Å². The fraction of sp³-hybridized carbons (Fsp3) is 0.292. The number of alkyl halides is 1. The highest BCUT2D eigenvalue weighted by Gasteiger charge is 2.41. The van der Waals surface area contributed by atoms with Crippen LogP contribution in [-0.2, 0) is 30.8 Å². The first kappa shape index (κ1) is 31.7. The van der Waals surface area contributed by atoms with Crippen LogP contribution in [0.3, 0.4) is 0 Å². The summed E-state index contributed by atoms with van der Waals surface area (Å²) >= 11 is 3.18. The number of nitrogens with two attached hydrogens (primary N) is 1. The highest BCUT2D eigenvalue weighted by atomic mass is 79.9. The molecule has 2 aromatic carbocycles. The number of aromatic hydroxyl groups is 1. The molecule has 2 aromatic rings. The number of fused-ring (bicyclic) bond motifs is 1. The molecule has 2 aliphatic heterocycles. The number of amides is 5. The minimum absolute atomic E-state index is 0.0354. The van der Waals surface area contributed by atoms with Crippen molar-refractivity contribution in [2.24, 2.45) is 5.14 Å². The van der Waals surface area contributed by atoms with Gasteiger partial charge in [-0.25, -0.2) is 23.1 Å². The number of hydrogen-bond donors (Lipinski definition) is 6. The van der Waals surface area contributed by atoms with Gasteiger partial charge in [0, 0.05) is 25.0 Å². The molecule has 1 fully saturated rings. The Morgan fingerprint density at radius 3 is 2.51 bits per heavy atom. The van der Waals surface area contributed by atoms with Gasteiger partial charge in [-0.1, -0.05) is 34.1 Å². The van der Waals surface area contributed by atoms with E-state index < -0.39 is 69.5 Å². The predicted octanol–water partition coefficient (Wildman–Crippen LogP) is -1.31. The van der Waals surface area contributed by atoms with Crippen molar-refractivity contribution in [2.45, 2.75) is 23.3 Å². The van der Waals surface area contributed by atoms with E-state index in [1.165, 1.54) is 23.1 Å². The van der Waals surface area contributed by atoms with Crippen LogP contribution < -0.4 is 20.4 Å². The third kappa shape index (κ3) is 6.74. The third-order valence-corrected chi connectivity index (χ3v) is 8.05. The van der Waals surface area contributed by atoms with Gasteiger partial charge >= 0.3 is 30.9 Å². The second-order valence-corrected chi connectivity index (χ2v) is 11.8. The number of hydrogen-bond acceptors (Lipinski definition) is 10. The second kappa shape index (κ2) is 12.6. The number of carboxylic acid groups (broad SMARTS) is 1. The molecule has 0 aromatic heterocycles. The first-order valence-electron chi connectivity index (χ1n) is 12.6. The van der Waals surface area contributed by atoms with E-state index in [1.54, 1.807) is 0 Å². The van der Waals surface area contributed by atoms with Crippen LogP contribution in [0.15, 0.2) is 41.3 Å². The number of carbonyl (C=O) groups is 5. The molecule has 1 unspecified atom stereocenters. The van der Waals surface area contributed by atoms with Crippen molar-refractivity contribution in [1.29, 1.82) is 0 Å². The van der Waals surface area contributed by atoms with Gasteiger partial charge in [-0.15, -0.1) is 0 Å². The number of nitrogens with zero attached hydrogens (tertiary/aromatic N) is 2. The predicted molar refractivity (Wildman–Crippen MR) is 150 cm³/mol. The minimum atomic E-state index is -4.36. The maximum absolute atomic E-state index is 13.5. The zero-order valence-electron chi connectivity index (χ0n) is 22.1. The topological polar surface area (TPSA) is 246 Å². The Kier molecular flexibility index (Phi) is 9.28. The Morgan fingerprint density at radius 1 is 1.16 bits per heavy atom. The number of sulfonamides is 1. The summed E-state index contributed by atoms with van der Waals surface area (Å²) in [5, 5.41) is 40.6. The molecule has 1 saturated heterocycles. The normalized spacial score (nSPS) is 17.6. The maximum atomic E-state index is 13.5. The summed E-state index contributed by atoms with van der Waals surface area (Å²) in [6.45, 7) is 0.0719. The molecule has 0 saturated carbocycles. The van der Waals surface area contributed by atoms with Crippen molar-refractivity contribution in [3.05, 3.63) is 53.1 Å². The number of rotatable bonds is 8. The van der Waals surface area contributed by atoms with Crippen LogP contribution in [0.25, 0.3) is 0 Å². The number of aromatic carboxylic acids is 1. The van der Waals surface area contributed by atoms with Gasteiger partial charge in [0.05, 0.1) is 11.5 Å². The Hall–Kier alpha value is -4.20. The molecule has 5 amide bonds. The van der Waals surface area contributed by atoms with E-state index >= 15 is 0 Å². The number of para-hydroxylation sites is 1. The Balaban J connectivity index is 1.62. The van der Waals surface area contributed by atoms with Crippen LogP contribution in [0.1, 0.15) is 27.5 Å². The number of imide groups is 1. The van der Waals surface area contributed by atoms with Crippen LogP contribution in [-0.4, -0.2) is 101 Å². The molecule has 0 bridgehead atoms. The van der Waals surface area contributed by atoms with Crippen LogP contribution >= 0.6 is 15.9 Å². The fourth-order valence-electron chi connectivity index (χ4n) is 4.62. The molecule has 2 heterocycles. The van der Waals surface area contributed by atoms with Crippen molar-refractivity contribution in [2.75, 3.05) is 25.0 Å². The summed E-state index contributed by atoms with van der Waals surface area (Å²) in [4.78, 5) is 64.5. The van der Waals surface area contributed by atoms with Gasteiger partial charge < -0.3 is 35.4 Å². The summed E-state index contributed by atoms with van der Waals surface area (Å²) in [5.41, 5.74) is 0.0104. The monoisotopic (exact) mass is 681 g/mol. The molecule has 4 rings (SSSR count). The number of nitrogens with one attached hydrogen (secondary N) is 2. The number of phenols is 1. The average molecular weight is 682 g/mol.